The van der Waals surface area contributed by atoms with Crippen molar-refractivity contribution in [3.05, 3.63) is 42.2 Å². The summed E-state index contributed by atoms with van der Waals surface area (Å²) in [7, 11) is 0. The van der Waals surface area contributed by atoms with Gasteiger partial charge in [0.15, 0.2) is 0 Å². The van der Waals surface area contributed by atoms with Crippen molar-refractivity contribution in [3.8, 4) is 5.75 Å². The van der Waals surface area contributed by atoms with Gasteiger partial charge in [-0.05, 0) is 42.8 Å². The lowest BCUT2D eigenvalue weighted by molar-refractivity contribution is 0.108. The second kappa shape index (κ2) is 4.67. The molecule has 0 amide bonds. The summed E-state index contributed by atoms with van der Waals surface area (Å²) in [6.07, 6.45) is 3.35. The second-order valence-corrected chi connectivity index (χ2v) is 2.73. The average molecular weight is 197 g/mol. The normalized spacial score (nSPS) is 10.3. The van der Waals surface area contributed by atoms with E-state index < -0.39 is 5.24 Å². The Bertz CT molecular complexity index is 314. The van der Waals surface area contributed by atoms with Crippen molar-refractivity contribution < 1.29 is 9.53 Å². The number of allylic oxidation sites excluding steroid dienone is 1. The third kappa shape index (κ3) is 2.92. The van der Waals surface area contributed by atoms with Crippen molar-refractivity contribution in [2.75, 3.05) is 0 Å². The molecule has 3 heteroatoms. The van der Waals surface area contributed by atoms with Crippen molar-refractivity contribution in [2.24, 2.45) is 0 Å². The topological polar surface area (TPSA) is 26.3 Å². The van der Waals surface area contributed by atoms with Gasteiger partial charge >= 0.3 is 0 Å². The van der Waals surface area contributed by atoms with Gasteiger partial charge in [-0.15, -0.1) is 0 Å². The molecule has 0 atom stereocenters. The van der Waals surface area contributed by atoms with Crippen molar-refractivity contribution in [3.63, 3.8) is 0 Å². The number of carbonyl (C=O) groups excluding carboxylic acids is 1. The van der Waals surface area contributed by atoms with E-state index in [0.717, 1.165) is 0 Å². The van der Waals surface area contributed by atoms with Crippen LogP contribution >= 0.6 is 11.6 Å². The molecule has 68 valence electrons. The molecule has 0 saturated heterocycles. The second-order valence-electron chi connectivity index (χ2n) is 2.39. The van der Waals surface area contributed by atoms with Crippen LogP contribution in [0.25, 0.3) is 0 Å². The molecule has 13 heavy (non-hydrogen) atoms. The fourth-order valence-electron chi connectivity index (χ4n) is 0.811. The zero-order valence-electron chi connectivity index (χ0n) is 7.16. The number of benzene rings is 1. The predicted octanol–water partition coefficient (Wildman–Crippen LogP) is 2.98. The number of carbonyl (C=O) groups is 1. The Morgan fingerprint density at radius 2 is 2.00 bits per heavy atom. The molecule has 1 aromatic carbocycles. The first-order valence-electron chi connectivity index (χ1n) is 3.81. The minimum absolute atomic E-state index is 0.461. The number of ether oxygens (including phenoxy) is 1. The molecule has 1 rings (SSSR count). The quantitative estimate of drug-likeness (QED) is 0.549. The Kier molecular flexibility index (Phi) is 3.53. The van der Waals surface area contributed by atoms with Crippen LogP contribution in [-0.2, 0) is 0 Å². The van der Waals surface area contributed by atoms with Gasteiger partial charge < -0.3 is 4.74 Å². The van der Waals surface area contributed by atoms with E-state index in [1.165, 1.54) is 0 Å². The molecule has 0 spiro atoms. The summed E-state index contributed by atoms with van der Waals surface area (Å²) < 4.78 is 5.15. The van der Waals surface area contributed by atoms with Gasteiger partial charge in [-0.3, -0.25) is 4.79 Å². The minimum atomic E-state index is -0.461. The molecule has 1 aromatic rings. The fourth-order valence-corrected chi connectivity index (χ4v) is 0.937. The van der Waals surface area contributed by atoms with Crippen molar-refractivity contribution in [2.45, 2.75) is 6.92 Å². The number of halogens is 1. The molecule has 0 aromatic heterocycles. The summed E-state index contributed by atoms with van der Waals surface area (Å²) in [5, 5.41) is -0.461. The standard InChI is InChI=1S/C10H9ClO2/c1-2-7-13-9-5-3-8(4-6-9)10(11)12/h2-7H,1H3. The molecule has 0 aliphatic carbocycles. The van der Waals surface area contributed by atoms with E-state index in [-0.39, 0.29) is 0 Å². The highest BCUT2D eigenvalue weighted by atomic mass is 35.5. The van der Waals surface area contributed by atoms with Crippen molar-refractivity contribution in [1.29, 1.82) is 0 Å². The molecule has 0 heterocycles. The zero-order valence-corrected chi connectivity index (χ0v) is 7.91. The molecular formula is C10H9ClO2. The van der Waals surface area contributed by atoms with Crippen LogP contribution < -0.4 is 4.74 Å². The molecular weight excluding hydrogens is 188 g/mol. The van der Waals surface area contributed by atoms with E-state index in [1.54, 1.807) is 36.6 Å². The maximum absolute atomic E-state index is 10.7. The SMILES string of the molecule is CC=COc1ccc(C(=O)Cl)cc1. The predicted molar refractivity (Wildman–Crippen MR) is 52.1 cm³/mol. The van der Waals surface area contributed by atoms with Crippen LogP contribution in [0.1, 0.15) is 17.3 Å². The zero-order chi connectivity index (χ0) is 9.68. The molecule has 0 N–H and O–H groups in total. The smallest absolute Gasteiger partial charge is 0.252 e. The molecule has 2 nitrogen and oxygen atoms in total. The van der Waals surface area contributed by atoms with E-state index in [2.05, 4.69) is 0 Å². The highest BCUT2D eigenvalue weighted by Gasteiger charge is 2.00. The first kappa shape index (κ1) is 9.81. The molecule has 0 radical (unpaired) electrons. The lowest BCUT2D eigenvalue weighted by Gasteiger charge is -1.99. The van der Waals surface area contributed by atoms with Gasteiger partial charge in [0.1, 0.15) is 5.75 Å². The average Bonchev–Trinajstić information content (AvgIpc) is 2.15. The summed E-state index contributed by atoms with van der Waals surface area (Å²) in [5.74, 6) is 0.680. The van der Waals surface area contributed by atoms with Gasteiger partial charge in [-0.1, -0.05) is 6.08 Å². The Morgan fingerprint density at radius 1 is 1.38 bits per heavy atom. The third-order valence-corrected chi connectivity index (χ3v) is 1.64. The van der Waals surface area contributed by atoms with Crippen LogP contribution in [0.2, 0.25) is 0 Å². The van der Waals surface area contributed by atoms with E-state index >= 15 is 0 Å². The largest absolute Gasteiger partial charge is 0.465 e. The van der Waals surface area contributed by atoms with Gasteiger partial charge in [0.2, 0.25) is 0 Å². The maximum Gasteiger partial charge on any atom is 0.252 e. The summed E-state index contributed by atoms with van der Waals surface area (Å²) in [6, 6.07) is 6.62. The van der Waals surface area contributed by atoms with Gasteiger partial charge in [-0.2, -0.15) is 0 Å². The molecule has 0 bridgehead atoms. The first-order chi connectivity index (χ1) is 6.24. The molecule has 0 aliphatic rings. The van der Waals surface area contributed by atoms with E-state index in [1.807, 2.05) is 6.92 Å². The highest BCUT2D eigenvalue weighted by molar-refractivity contribution is 6.67. The van der Waals surface area contributed by atoms with E-state index in [4.69, 9.17) is 16.3 Å². The van der Waals surface area contributed by atoms with Crippen LogP contribution in [0.4, 0.5) is 0 Å². The van der Waals surface area contributed by atoms with Gasteiger partial charge in [-0.25, -0.2) is 0 Å². The monoisotopic (exact) mass is 196 g/mol. The molecule has 0 fully saturated rings. The van der Waals surface area contributed by atoms with Crippen molar-refractivity contribution in [1.82, 2.24) is 0 Å². The lowest BCUT2D eigenvalue weighted by atomic mass is 10.2. The molecule has 0 saturated carbocycles. The lowest BCUT2D eigenvalue weighted by Crippen LogP contribution is -1.88. The minimum Gasteiger partial charge on any atom is -0.465 e. The van der Waals surface area contributed by atoms with Crippen molar-refractivity contribution >= 4 is 16.8 Å². The van der Waals surface area contributed by atoms with Gasteiger partial charge in [0.05, 0.1) is 6.26 Å². The number of hydrogen-bond donors (Lipinski definition) is 0. The Morgan fingerprint density at radius 3 is 2.46 bits per heavy atom. The Hall–Kier alpha value is -1.28. The van der Waals surface area contributed by atoms with Crippen LogP contribution in [0.3, 0.4) is 0 Å². The summed E-state index contributed by atoms with van der Waals surface area (Å²) >= 11 is 5.27. The molecule has 0 unspecified atom stereocenters. The van der Waals surface area contributed by atoms with Crippen LogP contribution in [-0.4, -0.2) is 5.24 Å². The highest BCUT2D eigenvalue weighted by Crippen LogP contribution is 2.13. The fraction of sp³-hybridized carbons (Fsp3) is 0.100. The summed E-state index contributed by atoms with van der Waals surface area (Å²) in [4.78, 5) is 10.7. The van der Waals surface area contributed by atoms with E-state index in [0.29, 0.717) is 11.3 Å². The maximum atomic E-state index is 10.7. The summed E-state index contributed by atoms with van der Waals surface area (Å²) in [6.45, 7) is 1.86. The Labute approximate surface area is 81.8 Å². The van der Waals surface area contributed by atoms with E-state index in [9.17, 15) is 4.79 Å². The molecule has 0 aliphatic heterocycles. The van der Waals surface area contributed by atoms with Gasteiger partial charge in [0.25, 0.3) is 5.24 Å². The van der Waals surface area contributed by atoms with Crippen LogP contribution in [0, 0.1) is 0 Å². The first-order valence-corrected chi connectivity index (χ1v) is 4.19. The van der Waals surface area contributed by atoms with Crippen LogP contribution in [0.15, 0.2) is 36.6 Å². The number of rotatable bonds is 3. The van der Waals surface area contributed by atoms with Gasteiger partial charge in [0, 0.05) is 5.56 Å². The Balaban J connectivity index is 2.75. The summed E-state index contributed by atoms with van der Waals surface area (Å²) in [5.41, 5.74) is 0.467. The number of hydrogen-bond acceptors (Lipinski definition) is 2. The third-order valence-electron chi connectivity index (χ3n) is 1.42. The van der Waals surface area contributed by atoms with Crippen LogP contribution in [0.5, 0.6) is 5.75 Å².